The van der Waals surface area contributed by atoms with Gasteiger partial charge in [-0.15, -0.1) is 0 Å². The zero-order valence-electron chi connectivity index (χ0n) is 12.4. The fourth-order valence-electron chi connectivity index (χ4n) is 1.70. The lowest BCUT2D eigenvalue weighted by atomic mass is 10.2. The molecule has 22 heavy (non-hydrogen) atoms. The van der Waals surface area contributed by atoms with Crippen LogP contribution in [0, 0.1) is 0 Å². The molecule has 0 aliphatic carbocycles. The van der Waals surface area contributed by atoms with Gasteiger partial charge in [-0.1, -0.05) is 6.07 Å². The Bertz CT molecular complexity index is 676. The Labute approximate surface area is 128 Å². The Morgan fingerprint density at radius 2 is 1.95 bits per heavy atom. The van der Waals surface area contributed by atoms with Crippen molar-refractivity contribution in [1.29, 1.82) is 0 Å². The molecule has 1 heterocycles. The molecule has 2 amide bonds. The summed E-state index contributed by atoms with van der Waals surface area (Å²) >= 11 is 0. The van der Waals surface area contributed by atoms with Crippen LogP contribution < -0.4 is 15.8 Å². The molecule has 2 aromatic rings. The number of nitrogens with zero attached hydrogens (tertiary/aromatic N) is 1. The molecule has 0 bridgehead atoms. The molecule has 0 atom stereocenters. The summed E-state index contributed by atoms with van der Waals surface area (Å²) in [6, 6.07) is 10.5. The van der Waals surface area contributed by atoms with Gasteiger partial charge in [0.05, 0.1) is 6.26 Å². The first-order valence-electron chi connectivity index (χ1n) is 6.65. The van der Waals surface area contributed by atoms with Crippen molar-refractivity contribution < 1.29 is 14.0 Å². The highest BCUT2D eigenvalue weighted by molar-refractivity contribution is 5.98. The Morgan fingerprint density at radius 1 is 1.14 bits per heavy atom. The van der Waals surface area contributed by atoms with Gasteiger partial charge in [-0.25, -0.2) is 0 Å². The summed E-state index contributed by atoms with van der Waals surface area (Å²) in [5.74, 6) is -0.280. The van der Waals surface area contributed by atoms with Gasteiger partial charge in [-0.3, -0.25) is 20.4 Å². The van der Waals surface area contributed by atoms with Gasteiger partial charge in [0.1, 0.15) is 5.76 Å². The molecular formula is C16H17N3O3. The monoisotopic (exact) mass is 299 g/mol. The molecule has 0 aliphatic rings. The number of benzene rings is 1. The first-order valence-corrected chi connectivity index (χ1v) is 6.65. The van der Waals surface area contributed by atoms with Crippen LogP contribution in [0.5, 0.6) is 0 Å². The van der Waals surface area contributed by atoms with Gasteiger partial charge < -0.3 is 9.32 Å². The highest BCUT2D eigenvalue weighted by atomic mass is 16.3. The molecule has 1 aromatic heterocycles. The first-order chi connectivity index (χ1) is 10.6. The van der Waals surface area contributed by atoms with Gasteiger partial charge in [0.25, 0.3) is 11.8 Å². The maximum Gasteiger partial charge on any atom is 0.269 e. The van der Waals surface area contributed by atoms with Crippen molar-refractivity contribution in [2.45, 2.75) is 0 Å². The van der Waals surface area contributed by atoms with E-state index >= 15 is 0 Å². The van der Waals surface area contributed by atoms with Gasteiger partial charge >= 0.3 is 0 Å². The number of hydrazine groups is 1. The molecule has 1 aromatic carbocycles. The molecule has 0 saturated heterocycles. The summed E-state index contributed by atoms with van der Waals surface area (Å²) in [6.07, 6.45) is 4.29. The van der Waals surface area contributed by atoms with Crippen molar-refractivity contribution in [3.8, 4) is 0 Å². The van der Waals surface area contributed by atoms with E-state index < -0.39 is 5.91 Å². The molecule has 6 heteroatoms. The second kappa shape index (κ2) is 7.12. The molecule has 0 spiro atoms. The number of anilines is 1. The normalized spacial score (nSPS) is 10.5. The largest absolute Gasteiger partial charge is 0.465 e. The van der Waals surface area contributed by atoms with E-state index in [-0.39, 0.29) is 5.91 Å². The Kier molecular flexibility index (Phi) is 4.98. The molecule has 6 nitrogen and oxygen atoms in total. The lowest BCUT2D eigenvalue weighted by Crippen LogP contribution is -2.40. The van der Waals surface area contributed by atoms with Crippen LogP contribution in [0.3, 0.4) is 0 Å². The maximum atomic E-state index is 12.0. The van der Waals surface area contributed by atoms with Crippen LogP contribution in [-0.2, 0) is 4.79 Å². The summed E-state index contributed by atoms with van der Waals surface area (Å²) in [5.41, 5.74) is 6.03. The summed E-state index contributed by atoms with van der Waals surface area (Å²) in [4.78, 5) is 25.4. The standard InChI is InChI=1S/C16H17N3O3/c1-19(2)13-6-3-5-12(11-13)16(21)18-17-15(20)9-8-14-7-4-10-22-14/h3-11H,1-2H3,(H,17,20)(H,18,21). The van der Waals surface area contributed by atoms with E-state index in [9.17, 15) is 9.59 Å². The zero-order chi connectivity index (χ0) is 15.9. The zero-order valence-corrected chi connectivity index (χ0v) is 12.4. The average Bonchev–Trinajstić information content (AvgIpc) is 3.04. The minimum Gasteiger partial charge on any atom is -0.465 e. The van der Waals surface area contributed by atoms with Gasteiger partial charge in [-0.05, 0) is 36.4 Å². The second-order valence-corrected chi connectivity index (χ2v) is 4.74. The third kappa shape index (κ3) is 4.24. The van der Waals surface area contributed by atoms with Crippen LogP contribution in [0.1, 0.15) is 16.1 Å². The van der Waals surface area contributed by atoms with E-state index in [0.29, 0.717) is 11.3 Å². The van der Waals surface area contributed by atoms with Gasteiger partial charge in [0, 0.05) is 31.4 Å². The van der Waals surface area contributed by atoms with Gasteiger partial charge in [-0.2, -0.15) is 0 Å². The van der Waals surface area contributed by atoms with Crippen molar-refractivity contribution in [3.63, 3.8) is 0 Å². The lowest BCUT2D eigenvalue weighted by Gasteiger charge is -2.13. The van der Waals surface area contributed by atoms with Gasteiger partial charge in [0.2, 0.25) is 0 Å². The quantitative estimate of drug-likeness (QED) is 0.667. The van der Waals surface area contributed by atoms with E-state index in [4.69, 9.17) is 4.42 Å². The molecule has 0 radical (unpaired) electrons. The number of hydrogen-bond acceptors (Lipinski definition) is 4. The molecule has 0 unspecified atom stereocenters. The SMILES string of the molecule is CN(C)c1cccc(C(=O)NNC(=O)C=Cc2ccco2)c1. The van der Waals surface area contributed by atoms with Crippen molar-refractivity contribution in [1.82, 2.24) is 10.9 Å². The Morgan fingerprint density at radius 3 is 2.64 bits per heavy atom. The Balaban J connectivity index is 1.89. The molecule has 114 valence electrons. The predicted molar refractivity (Wildman–Crippen MR) is 84.1 cm³/mol. The van der Waals surface area contributed by atoms with E-state index in [0.717, 1.165) is 5.69 Å². The number of rotatable bonds is 4. The molecule has 0 saturated carbocycles. The minimum atomic E-state index is -0.450. The molecule has 0 aliphatic heterocycles. The van der Waals surface area contributed by atoms with Crippen molar-refractivity contribution >= 4 is 23.6 Å². The van der Waals surface area contributed by atoms with Gasteiger partial charge in [0.15, 0.2) is 0 Å². The van der Waals surface area contributed by atoms with E-state index in [1.165, 1.54) is 18.4 Å². The molecule has 2 rings (SSSR count). The lowest BCUT2D eigenvalue weighted by molar-refractivity contribution is -0.117. The maximum absolute atomic E-state index is 12.0. The number of amides is 2. The van der Waals surface area contributed by atoms with Crippen LogP contribution in [0.2, 0.25) is 0 Å². The highest BCUT2D eigenvalue weighted by Crippen LogP contribution is 2.12. The minimum absolute atomic E-state index is 0.386. The highest BCUT2D eigenvalue weighted by Gasteiger charge is 2.07. The van der Waals surface area contributed by atoms with E-state index in [1.54, 1.807) is 30.3 Å². The summed E-state index contributed by atoms with van der Waals surface area (Å²) in [5, 5.41) is 0. The third-order valence-corrected chi connectivity index (χ3v) is 2.87. The number of carbonyl (C=O) groups is 2. The first kappa shape index (κ1) is 15.4. The smallest absolute Gasteiger partial charge is 0.269 e. The van der Waals surface area contributed by atoms with Crippen molar-refractivity contribution in [2.75, 3.05) is 19.0 Å². The second-order valence-electron chi connectivity index (χ2n) is 4.74. The van der Waals surface area contributed by atoms with Crippen LogP contribution in [0.15, 0.2) is 53.2 Å². The number of carbonyl (C=O) groups excluding carboxylic acids is 2. The van der Waals surface area contributed by atoms with Crippen molar-refractivity contribution in [2.24, 2.45) is 0 Å². The number of nitrogens with one attached hydrogen (secondary N) is 2. The summed E-state index contributed by atoms with van der Waals surface area (Å²) in [7, 11) is 3.77. The van der Waals surface area contributed by atoms with Crippen LogP contribution >= 0.6 is 0 Å². The van der Waals surface area contributed by atoms with Crippen LogP contribution in [-0.4, -0.2) is 25.9 Å². The van der Waals surface area contributed by atoms with Crippen LogP contribution in [0.4, 0.5) is 5.69 Å². The summed E-state index contributed by atoms with van der Waals surface area (Å²) in [6.45, 7) is 0. The predicted octanol–water partition coefficient (Wildman–Crippen LogP) is 1.82. The third-order valence-electron chi connectivity index (χ3n) is 2.87. The van der Waals surface area contributed by atoms with Crippen molar-refractivity contribution in [3.05, 3.63) is 60.1 Å². The summed E-state index contributed by atoms with van der Waals surface area (Å²) < 4.78 is 5.06. The topological polar surface area (TPSA) is 74.6 Å². The van der Waals surface area contributed by atoms with E-state index in [1.807, 2.05) is 25.1 Å². The fourth-order valence-corrected chi connectivity index (χ4v) is 1.70. The average molecular weight is 299 g/mol. The Hall–Kier alpha value is -3.02. The fraction of sp³-hybridized carbons (Fsp3) is 0.125. The molecule has 0 fully saturated rings. The number of hydrogen-bond donors (Lipinski definition) is 2. The van der Waals surface area contributed by atoms with E-state index in [2.05, 4.69) is 10.9 Å². The number of furan rings is 1. The molecule has 2 N–H and O–H groups in total. The van der Waals surface area contributed by atoms with Crippen LogP contribution in [0.25, 0.3) is 6.08 Å². The molecular weight excluding hydrogens is 282 g/mol.